The largest absolute Gasteiger partial charge is 0.392 e. The summed E-state index contributed by atoms with van der Waals surface area (Å²) in [4.78, 5) is 0. The summed E-state index contributed by atoms with van der Waals surface area (Å²) in [5.41, 5.74) is -0.623. The molecule has 0 nitrogen and oxygen atoms in total. The van der Waals surface area contributed by atoms with Gasteiger partial charge in [0.1, 0.15) is 0 Å². The van der Waals surface area contributed by atoms with E-state index < -0.39 is 17.5 Å². The lowest BCUT2D eigenvalue weighted by Crippen LogP contribution is -2.31. The highest BCUT2D eigenvalue weighted by molar-refractivity contribution is 5.12. The summed E-state index contributed by atoms with van der Waals surface area (Å²) >= 11 is 0. The maximum absolute atomic E-state index is 12.5. The van der Waals surface area contributed by atoms with Gasteiger partial charge in [0.05, 0.1) is 5.92 Å². The predicted molar refractivity (Wildman–Crippen MR) is 46.3 cm³/mol. The Balaban J connectivity index is 2.83. The van der Waals surface area contributed by atoms with Crippen LogP contribution in [0, 0.1) is 16.7 Å². The molecule has 1 fully saturated rings. The number of hydrogen-bond acceptors (Lipinski definition) is 0. The van der Waals surface area contributed by atoms with Gasteiger partial charge in [0.15, 0.2) is 0 Å². The molecule has 0 aliphatic heterocycles. The van der Waals surface area contributed by atoms with E-state index in [1.54, 1.807) is 0 Å². The molecule has 1 saturated carbocycles. The third-order valence-electron chi connectivity index (χ3n) is 3.93. The van der Waals surface area contributed by atoms with Crippen molar-refractivity contribution in [2.75, 3.05) is 0 Å². The molecule has 0 bridgehead atoms. The lowest BCUT2D eigenvalue weighted by Gasteiger charge is -2.28. The SMILES string of the molecule is CCC1(C(C)C(F)(F)F)CC1(C)C. The van der Waals surface area contributed by atoms with Crippen molar-refractivity contribution in [2.24, 2.45) is 16.7 Å². The molecular weight excluding hydrogens is 177 g/mol. The van der Waals surface area contributed by atoms with Crippen LogP contribution in [0.4, 0.5) is 13.2 Å². The fraction of sp³-hybridized carbons (Fsp3) is 1.00. The normalized spacial score (nSPS) is 34.4. The number of rotatable bonds is 2. The molecule has 2 atom stereocenters. The first-order valence-corrected chi connectivity index (χ1v) is 4.74. The molecule has 78 valence electrons. The summed E-state index contributed by atoms with van der Waals surface area (Å²) < 4.78 is 37.5. The van der Waals surface area contributed by atoms with Gasteiger partial charge >= 0.3 is 6.18 Å². The maximum atomic E-state index is 12.5. The Morgan fingerprint density at radius 3 is 1.77 bits per heavy atom. The van der Waals surface area contributed by atoms with Crippen LogP contribution in [-0.4, -0.2) is 6.18 Å². The Hall–Kier alpha value is -0.210. The zero-order valence-corrected chi connectivity index (χ0v) is 8.63. The van der Waals surface area contributed by atoms with Gasteiger partial charge < -0.3 is 0 Å². The van der Waals surface area contributed by atoms with Crippen molar-refractivity contribution in [3.05, 3.63) is 0 Å². The van der Waals surface area contributed by atoms with E-state index >= 15 is 0 Å². The Morgan fingerprint density at radius 1 is 1.31 bits per heavy atom. The monoisotopic (exact) mass is 194 g/mol. The van der Waals surface area contributed by atoms with Gasteiger partial charge in [-0.3, -0.25) is 0 Å². The van der Waals surface area contributed by atoms with E-state index in [9.17, 15) is 13.2 Å². The van der Waals surface area contributed by atoms with Crippen LogP contribution in [0.3, 0.4) is 0 Å². The molecule has 0 aromatic rings. The van der Waals surface area contributed by atoms with Crippen LogP contribution in [0.2, 0.25) is 0 Å². The van der Waals surface area contributed by atoms with Gasteiger partial charge in [-0.2, -0.15) is 13.2 Å². The van der Waals surface area contributed by atoms with Crippen molar-refractivity contribution in [2.45, 2.75) is 46.7 Å². The van der Waals surface area contributed by atoms with Crippen molar-refractivity contribution in [1.82, 2.24) is 0 Å². The zero-order valence-electron chi connectivity index (χ0n) is 8.63. The first-order chi connectivity index (χ1) is 5.67. The molecule has 0 aromatic heterocycles. The second-order valence-electron chi connectivity index (χ2n) is 4.83. The molecule has 1 aliphatic rings. The summed E-state index contributed by atoms with van der Waals surface area (Å²) in [5, 5.41) is 0. The second kappa shape index (κ2) is 2.64. The Bertz CT molecular complexity index is 201. The van der Waals surface area contributed by atoms with E-state index in [1.807, 2.05) is 20.8 Å². The highest BCUT2D eigenvalue weighted by atomic mass is 19.4. The van der Waals surface area contributed by atoms with E-state index in [0.29, 0.717) is 12.8 Å². The van der Waals surface area contributed by atoms with E-state index in [2.05, 4.69) is 0 Å². The summed E-state index contributed by atoms with van der Waals surface area (Å²) in [6.07, 6.45) is -2.71. The average Bonchev–Trinajstić information content (AvgIpc) is 2.51. The highest BCUT2D eigenvalue weighted by Crippen LogP contribution is 2.71. The number of halogens is 3. The maximum Gasteiger partial charge on any atom is 0.392 e. The van der Waals surface area contributed by atoms with Crippen LogP contribution < -0.4 is 0 Å². The minimum atomic E-state index is -4.04. The topological polar surface area (TPSA) is 0 Å². The smallest absolute Gasteiger partial charge is 0.171 e. The molecule has 0 heterocycles. The first kappa shape index (κ1) is 10.9. The van der Waals surface area contributed by atoms with E-state index in [4.69, 9.17) is 0 Å². The number of alkyl halides is 3. The molecule has 0 aromatic carbocycles. The third-order valence-corrected chi connectivity index (χ3v) is 3.93. The summed E-state index contributed by atoms with van der Waals surface area (Å²) in [6.45, 7) is 7.03. The molecule has 0 N–H and O–H groups in total. The second-order valence-corrected chi connectivity index (χ2v) is 4.83. The lowest BCUT2D eigenvalue weighted by atomic mass is 9.81. The Morgan fingerprint density at radius 2 is 1.69 bits per heavy atom. The summed E-state index contributed by atoms with van der Waals surface area (Å²) in [6, 6.07) is 0. The van der Waals surface area contributed by atoms with Gasteiger partial charge in [0.2, 0.25) is 0 Å². The third kappa shape index (κ3) is 1.46. The van der Waals surface area contributed by atoms with Crippen LogP contribution >= 0.6 is 0 Å². The van der Waals surface area contributed by atoms with E-state index in [1.165, 1.54) is 6.92 Å². The van der Waals surface area contributed by atoms with Gasteiger partial charge in [0.25, 0.3) is 0 Å². The molecule has 0 spiro atoms. The van der Waals surface area contributed by atoms with Gasteiger partial charge in [-0.25, -0.2) is 0 Å². The molecule has 0 amide bonds. The summed E-state index contributed by atoms with van der Waals surface area (Å²) in [5.74, 6) is -1.17. The van der Waals surface area contributed by atoms with Gasteiger partial charge in [0, 0.05) is 0 Å². The average molecular weight is 194 g/mol. The quantitative estimate of drug-likeness (QED) is 0.623. The molecule has 0 radical (unpaired) electrons. The number of hydrogen-bond donors (Lipinski definition) is 0. The molecule has 3 heteroatoms. The highest BCUT2D eigenvalue weighted by Gasteiger charge is 2.67. The van der Waals surface area contributed by atoms with Crippen molar-refractivity contribution in [3.63, 3.8) is 0 Å². The minimum absolute atomic E-state index is 0.128. The molecular formula is C10H17F3. The van der Waals surface area contributed by atoms with Crippen molar-refractivity contribution >= 4 is 0 Å². The Labute approximate surface area is 77.5 Å². The van der Waals surface area contributed by atoms with Gasteiger partial charge in [-0.1, -0.05) is 27.7 Å². The van der Waals surface area contributed by atoms with Crippen LogP contribution in [0.15, 0.2) is 0 Å². The standard InChI is InChI=1S/C10H17F3/c1-5-9(6-8(9,3)4)7(2)10(11,12)13/h7H,5-6H2,1-4H3. The van der Waals surface area contributed by atoms with Crippen LogP contribution in [0.1, 0.15) is 40.5 Å². The molecule has 2 unspecified atom stereocenters. The molecule has 13 heavy (non-hydrogen) atoms. The van der Waals surface area contributed by atoms with E-state index in [0.717, 1.165) is 0 Å². The van der Waals surface area contributed by atoms with Crippen molar-refractivity contribution < 1.29 is 13.2 Å². The van der Waals surface area contributed by atoms with E-state index in [-0.39, 0.29) is 5.41 Å². The fourth-order valence-corrected chi connectivity index (χ4v) is 2.71. The molecule has 1 aliphatic carbocycles. The lowest BCUT2D eigenvalue weighted by molar-refractivity contribution is -0.192. The first-order valence-electron chi connectivity index (χ1n) is 4.74. The van der Waals surface area contributed by atoms with Gasteiger partial charge in [-0.15, -0.1) is 0 Å². The fourth-order valence-electron chi connectivity index (χ4n) is 2.71. The van der Waals surface area contributed by atoms with Crippen molar-refractivity contribution in [3.8, 4) is 0 Å². The van der Waals surface area contributed by atoms with Gasteiger partial charge in [-0.05, 0) is 23.7 Å². The Kier molecular flexibility index (Phi) is 2.21. The summed E-state index contributed by atoms with van der Waals surface area (Å²) in [7, 11) is 0. The van der Waals surface area contributed by atoms with Crippen LogP contribution in [0.25, 0.3) is 0 Å². The minimum Gasteiger partial charge on any atom is -0.171 e. The van der Waals surface area contributed by atoms with Crippen LogP contribution in [0.5, 0.6) is 0 Å². The van der Waals surface area contributed by atoms with Crippen molar-refractivity contribution in [1.29, 1.82) is 0 Å². The molecule has 1 rings (SSSR count). The predicted octanol–water partition coefficient (Wildman–Crippen LogP) is 4.01. The van der Waals surface area contributed by atoms with Crippen LogP contribution in [-0.2, 0) is 0 Å². The zero-order chi connectivity index (χ0) is 10.5. The molecule has 0 saturated heterocycles.